The van der Waals surface area contributed by atoms with E-state index in [-0.39, 0.29) is 17.5 Å². The number of benzene rings is 2. The van der Waals surface area contributed by atoms with E-state index in [9.17, 15) is 18.0 Å². The Morgan fingerprint density at radius 2 is 1.75 bits per heavy atom. The molecule has 0 unspecified atom stereocenters. The lowest BCUT2D eigenvalue weighted by atomic mass is 9.95. The molecule has 3 rings (SSSR count). The van der Waals surface area contributed by atoms with Gasteiger partial charge in [0.2, 0.25) is 0 Å². The number of alkyl halides is 3. The molecule has 0 radical (unpaired) electrons. The Balaban J connectivity index is 1.78. The summed E-state index contributed by atoms with van der Waals surface area (Å²) in [5.74, 6) is -0.182. The van der Waals surface area contributed by atoms with Crippen LogP contribution in [0.4, 0.5) is 13.2 Å². The summed E-state index contributed by atoms with van der Waals surface area (Å²) in [5.41, 5.74) is 1.04. The van der Waals surface area contributed by atoms with Crippen molar-refractivity contribution in [2.45, 2.75) is 38.4 Å². The first-order chi connectivity index (χ1) is 13.3. The SMILES string of the molecule is CCc1ccc(-c2ccc(C(=O)NC3CCN(C)CC3)cc2)c(C(F)(F)F)c1. The fourth-order valence-electron chi connectivity index (χ4n) is 3.52. The van der Waals surface area contributed by atoms with E-state index in [1.54, 1.807) is 30.3 Å². The number of hydrogen-bond donors (Lipinski definition) is 1. The topological polar surface area (TPSA) is 32.3 Å². The Labute approximate surface area is 163 Å². The van der Waals surface area contributed by atoms with Crippen molar-refractivity contribution in [3.63, 3.8) is 0 Å². The molecule has 6 heteroatoms. The lowest BCUT2D eigenvalue weighted by molar-refractivity contribution is -0.137. The lowest BCUT2D eigenvalue weighted by Gasteiger charge is -2.29. The van der Waals surface area contributed by atoms with Gasteiger partial charge in [-0.25, -0.2) is 0 Å². The minimum absolute atomic E-state index is 0.131. The quantitative estimate of drug-likeness (QED) is 0.817. The van der Waals surface area contributed by atoms with Gasteiger partial charge in [0, 0.05) is 11.6 Å². The molecule has 1 aliphatic rings. The molecule has 1 fully saturated rings. The third kappa shape index (κ3) is 4.73. The normalized spacial score (nSPS) is 16.2. The first kappa shape index (κ1) is 20.4. The molecule has 1 heterocycles. The number of halogens is 3. The molecule has 2 aromatic carbocycles. The van der Waals surface area contributed by atoms with Crippen molar-refractivity contribution in [2.24, 2.45) is 0 Å². The van der Waals surface area contributed by atoms with Gasteiger partial charge in [0.1, 0.15) is 0 Å². The van der Waals surface area contributed by atoms with Crippen LogP contribution in [0, 0.1) is 0 Å². The maximum absolute atomic E-state index is 13.5. The van der Waals surface area contributed by atoms with Crippen LogP contribution in [0.25, 0.3) is 11.1 Å². The molecule has 1 saturated heterocycles. The van der Waals surface area contributed by atoms with E-state index in [0.29, 0.717) is 23.1 Å². The summed E-state index contributed by atoms with van der Waals surface area (Å²) in [4.78, 5) is 14.7. The summed E-state index contributed by atoms with van der Waals surface area (Å²) in [6.45, 7) is 3.71. The van der Waals surface area contributed by atoms with Crippen molar-refractivity contribution in [1.82, 2.24) is 10.2 Å². The van der Waals surface area contributed by atoms with Crippen molar-refractivity contribution in [1.29, 1.82) is 0 Å². The summed E-state index contributed by atoms with van der Waals surface area (Å²) in [6.07, 6.45) is -2.08. The number of amides is 1. The largest absolute Gasteiger partial charge is 0.417 e. The van der Waals surface area contributed by atoms with Gasteiger partial charge < -0.3 is 10.2 Å². The van der Waals surface area contributed by atoms with E-state index in [1.807, 2.05) is 6.92 Å². The van der Waals surface area contributed by atoms with Crippen molar-refractivity contribution < 1.29 is 18.0 Å². The van der Waals surface area contributed by atoms with Gasteiger partial charge in [0.15, 0.2) is 0 Å². The average Bonchev–Trinajstić information content (AvgIpc) is 2.68. The second-order valence-corrected chi connectivity index (χ2v) is 7.36. The zero-order valence-corrected chi connectivity index (χ0v) is 16.1. The summed E-state index contributed by atoms with van der Waals surface area (Å²) in [5, 5.41) is 3.02. The van der Waals surface area contributed by atoms with Crippen LogP contribution in [0.15, 0.2) is 42.5 Å². The van der Waals surface area contributed by atoms with Crippen molar-refractivity contribution in [2.75, 3.05) is 20.1 Å². The third-order valence-corrected chi connectivity index (χ3v) is 5.31. The van der Waals surface area contributed by atoms with E-state index < -0.39 is 11.7 Å². The van der Waals surface area contributed by atoms with Crippen LogP contribution in [0.1, 0.15) is 41.3 Å². The summed E-state index contributed by atoms with van der Waals surface area (Å²) >= 11 is 0. The Hall–Kier alpha value is -2.34. The zero-order chi connectivity index (χ0) is 20.3. The number of likely N-dealkylation sites (tertiary alicyclic amines) is 1. The van der Waals surface area contributed by atoms with Crippen LogP contribution in [0.2, 0.25) is 0 Å². The highest BCUT2D eigenvalue weighted by atomic mass is 19.4. The van der Waals surface area contributed by atoms with Crippen molar-refractivity contribution >= 4 is 5.91 Å². The first-order valence-corrected chi connectivity index (χ1v) is 9.58. The smallest absolute Gasteiger partial charge is 0.349 e. The van der Waals surface area contributed by atoms with E-state index in [1.165, 1.54) is 12.1 Å². The number of piperidine rings is 1. The van der Waals surface area contributed by atoms with Crippen LogP contribution in [0.3, 0.4) is 0 Å². The second kappa shape index (κ2) is 8.35. The molecule has 1 amide bonds. The first-order valence-electron chi connectivity index (χ1n) is 9.58. The molecule has 0 aromatic heterocycles. The van der Waals surface area contributed by atoms with E-state index in [2.05, 4.69) is 17.3 Å². The highest BCUT2D eigenvalue weighted by Crippen LogP contribution is 2.37. The maximum Gasteiger partial charge on any atom is 0.417 e. The number of hydrogen-bond acceptors (Lipinski definition) is 2. The van der Waals surface area contributed by atoms with Crippen LogP contribution in [-0.2, 0) is 12.6 Å². The highest BCUT2D eigenvalue weighted by Gasteiger charge is 2.33. The molecule has 0 bridgehead atoms. The Morgan fingerprint density at radius 1 is 1.11 bits per heavy atom. The number of nitrogens with one attached hydrogen (secondary N) is 1. The van der Waals surface area contributed by atoms with Gasteiger partial charge in [-0.2, -0.15) is 13.2 Å². The van der Waals surface area contributed by atoms with Gasteiger partial charge in [-0.1, -0.05) is 31.2 Å². The van der Waals surface area contributed by atoms with Crippen LogP contribution < -0.4 is 5.32 Å². The van der Waals surface area contributed by atoms with E-state index in [0.717, 1.165) is 25.9 Å². The Kier molecular flexibility index (Phi) is 6.08. The summed E-state index contributed by atoms with van der Waals surface area (Å²) < 4.78 is 40.4. The molecule has 0 spiro atoms. The summed E-state index contributed by atoms with van der Waals surface area (Å²) in [7, 11) is 2.05. The third-order valence-electron chi connectivity index (χ3n) is 5.31. The number of carbonyl (C=O) groups excluding carboxylic acids is 1. The fourth-order valence-corrected chi connectivity index (χ4v) is 3.52. The van der Waals surface area contributed by atoms with Gasteiger partial charge in [0.05, 0.1) is 5.56 Å². The maximum atomic E-state index is 13.5. The van der Waals surface area contributed by atoms with E-state index >= 15 is 0 Å². The van der Waals surface area contributed by atoms with Gasteiger partial charge in [-0.15, -0.1) is 0 Å². The molecule has 2 aromatic rings. The molecular weight excluding hydrogens is 365 g/mol. The summed E-state index contributed by atoms with van der Waals surface area (Å²) in [6, 6.07) is 10.9. The molecular formula is C22H25F3N2O. The number of rotatable bonds is 4. The number of nitrogens with zero attached hydrogens (tertiary/aromatic N) is 1. The minimum atomic E-state index is -4.43. The van der Waals surface area contributed by atoms with Crippen LogP contribution >= 0.6 is 0 Å². The highest BCUT2D eigenvalue weighted by molar-refractivity contribution is 5.95. The molecule has 0 atom stereocenters. The molecule has 0 aliphatic carbocycles. The number of carbonyl (C=O) groups is 1. The molecule has 1 aliphatic heterocycles. The standard InChI is InChI=1S/C22H25F3N2O/c1-3-15-4-9-19(20(14-15)22(23,24)25)16-5-7-17(8-6-16)21(28)26-18-10-12-27(2)13-11-18/h4-9,14,18H,3,10-13H2,1-2H3,(H,26,28). The molecule has 150 valence electrons. The average molecular weight is 390 g/mol. The van der Waals surface area contributed by atoms with Gasteiger partial charge in [0.25, 0.3) is 5.91 Å². The number of aryl methyl sites for hydroxylation is 1. The monoisotopic (exact) mass is 390 g/mol. The zero-order valence-electron chi connectivity index (χ0n) is 16.1. The van der Waals surface area contributed by atoms with Gasteiger partial charge >= 0.3 is 6.18 Å². The van der Waals surface area contributed by atoms with Crippen LogP contribution in [0.5, 0.6) is 0 Å². The molecule has 3 nitrogen and oxygen atoms in total. The molecule has 28 heavy (non-hydrogen) atoms. The Bertz CT molecular complexity index is 823. The minimum Gasteiger partial charge on any atom is -0.349 e. The van der Waals surface area contributed by atoms with Crippen molar-refractivity contribution in [3.05, 3.63) is 59.2 Å². The van der Waals surface area contributed by atoms with Crippen molar-refractivity contribution in [3.8, 4) is 11.1 Å². The predicted molar refractivity (Wildman–Crippen MR) is 104 cm³/mol. The molecule has 1 N–H and O–H groups in total. The van der Waals surface area contributed by atoms with Crippen LogP contribution in [-0.4, -0.2) is 37.0 Å². The van der Waals surface area contributed by atoms with E-state index in [4.69, 9.17) is 0 Å². The Morgan fingerprint density at radius 3 is 2.32 bits per heavy atom. The van der Waals surface area contributed by atoms with Gasteiger partial charge in [-0.05, 0) is 74.3 Å². The van der Waals surface area contributed by atoms with Gasteiger partial charge in [-0.3, -0.25) is 4.79 Å². The predicted octanol–water partition coefficient (Wildman–Crippen LogP) is 4.76. The fraction of sp³-hybridized carbons (Fsp3) is 0.409. The second-order valence-electron chi connectivity index (χ2n) is 7.36. The molecule has 0 saturated carbocycles. The lowest BCUT2D eigenvalue weighted by Crippen LogP contribution is -2.43.